The maximum atomic E-state index is 13.3. The van der Waals surface area contributed by atoms with Crippen LogP contribution in [0.1, 0.15) is 27.0 Å². The lowest BCUT2D eigenvalue weighted by Crippen LogP contribution is -2.13. The molecule has 31 heavy (non-hydrogen) atoms. The molecule has 5 heteroatoms. The first-order valence-electron chi connectivity index (χ1n) is 9.99. The summed E-state index contributed by atoms with van der Waals surface area (Å²) >= 11 is 6.24. The van der Waals surface area contributed by atoms with Crippen molar-refractivity contribution in [1.29, 1.82) is 0 Å². The summed E-state index contributed by atoms with van der Waals surface area (Å²) in [6.45, 7) is 5.96. The van der Waals surface area contributed by atoms with E-state index in [1.54, 1.807) is 13.2 Å². The summed E-state index contributed by atoms with van der Waals surface area (Å²) in [4.78, 5) is 18.2. The minimum atomic E-state index is -0.207. The quantitative estimate of drug-likeness (QED) is 0.390. The summed E-state index contributed by atoms with van der Waals surface area (Å²) in [5.74, 6) is 0.529. The Morgan fingerprint density at radius 2 is 1.77 bits per heavy atom. The topological polar surface area (TPSA) is 51.2 Å². The van der Waals surface area contributed by atoms with Crippen molar-refractivity contribution in [3.63, 3.8) is 0 Å². The molecule has 4 rings (SSSR count). The number of methoxy groups -OCH3 is 1. The van der Waals surface area contributed by atoms with Gasteiger partial charge in [-0.1, -0.05) is 41.4 Å². The zero-order valence-corrected chi connectivity index (χ0v) is 18.7. The number of fused-ring (bicyclic) bond motifs is 1. The molecular weight excluding hydrogens is 408 g/mol. The Hall–Kier alpha value is -3.37. The number of ether oxygens (including phenoxy) is 1. The molecule has 0 unspecified atom stereocenters. The summed E-state index contributed by atoms with van der Waals surface area (Å²) in [5, 5.41) is 4.41. The summed E-state index contributed by atoms with van der Waals surface area (Å²) < 4.78 is 5.36. The van der Waals surface area contributed by atoms with Crippen LogP contribution in [0.4, 0.5) is 5.69 Å². The Morgan fingerprint density at radius 3 is 2.52 bits per heavy atom. The number of aromatic nitrogens is 1. The van der Waals surface area contributed by atoms with Crippen LogP contribution < -0.4 is 10.1 Å². The van der Waals surface area contributed by atoms with Crippen LogP contribution in [0.2, 0.25) is 5.02 Å². The summed E-state index contributed by atoms with van der Waals surface area (Å²) in [7, 11) is 1.63. The molecule has 0 fully saturated rings. The van der Waals surface area contributed by atoms with E-state index in [9.17, 15) is 4.79 Å². The molecule has 4 aromatic rings. The van der Waals surface area contributed by atoms with Gasteiger partial charge in [0.05, 0.1) is 23.9 Å². The maximum Gasteiger partial charge on any atom is 0.256 e. The standard InChI is InChI=1S/C26H23ClN2O2/c1-15-10-17(3)25-21(11-15)22(26(30)28-19-9-8-16(2)23(27)13-19)14-24(29-25)18-6-5-7-20(12-18)31-4/h5-14H,1-4H3,(H,28,30). The van der Waals surface area contributed by atoms with Gasteiger partial charge >= 0.3 is 0 Å². The highest BCUT2D eigenvalue weighted by Crippen LogP contribution is 2.30. The SMILES string of the molecule is COc1cccc(-c2cc(C(=O)Nc3ccc(C)c(Cl)c3)c3cc(C)cc(C)c3n2)c1. The van der Waals surface area contributed by atoms with E-state index >= 15 is 0 Å². The minimum Gasteiger partial charge on any atom is -0.497 e. The van der Waals surface area contributed by atoms with Gasteiger partial charge in [-0.05, 0) is 68.3 Å². The molecule has 1 heterocycles. The zero-order chi connectivity index (χ0) is 22.1. The van der Waals surface area contributed by atoms with Gasteiger partial charge in [0.1, 0.15) is 5.75 Å². The second kappa shape index (κ2) is 8.40. The van der Waals surface area contributed by atoms with Gasteiger partial charge in [-0.25, -0.2) is 4.98 Å². The van der Waals surface area contributed by atoms with E-state index in [-0.39, 0.29) is 5.91 Å². The van der Waals surface area contributed by atoms with E-state index in [4.69, 9.17) is 21.3 Å². The second-order valence-corrected chi connectivity index (χ2v) is 8.09. The summed E-state index contributed by atoms with van der Waals surface area (Å²) in [6, 6.07) is 19.1. The molecular formula is C26H23ClN2O2. The number of nitrogens with zero attached hydrogens (tertiary/aromatic N) is 1. The number of carbonyl (C=O) groups is 1. The Kier molecular flexibility index (Phi) is 5.66. The Balaban J connectivity index is 1.87. The Bertz CT molecular complexity index is 1310. The van der Waals surface area contributed by atoms with Crippen molar-refractivity contribution in [3.8, 4) is 17.0 Å². The molecule has 156 valence electrons. The third kappa shape index (κ3) is 4.25. The molecule has 1 amide bonds. The largest absolute Gasteiger partial charge is 0.497 e. The van der Waals surface area contributed by atoms with E-state index < -0.39 is 0 Å². The third-order valence-electron chi connectivity index (χ3n) is 5.29. The van der Waals surface area contributed by atoms with E-state index in [1.807, 2.05) is 69.3 Å². The van der Waals surface area contributed by atoms with Gasteiger partial charge in [-0.15, -0.1) is 0 Å². The molecule has 1 N–H and O–H groups in total. The highest BCUT2D eigenvalue weighted by atomic mass is 35.5. The lowest BCUT2D eigenvalue weighted by atomic mass is 9.99. The number of aryl methyl sites for hydroxylation is 3. The number of hydrogen-bond acceptors (Lipinski definition) is 3. The Morgan fingerprint density at radius 1 is 0.968 bits per heavy atom. The Labute approximate surface area is 186 Å². The number of pyridine rings is 1. The monoisotopic (exact) mass is 430 g/mol. The van der Waals surface area contributed by atoms with E-state index in [1.165, 1.54) is 0 Å². The maximum absolute atomic E-state index is 13.3. The number of rotatable bonds is 4. The molecule has 0 radical (unpaired) electrons. The molecule has 4 nitrogen and oxygen atoms in total. The molecule has 1 aromatic heterocycles. The van der Waals surface area contributed by atoms with Crippen molar-refractivity contribution < 1.29 is 9.53 Å². The number of hydrogen-bond donors (Lipinski definition) is 1. The van der Waals surface area contributed by atoms with Crippen molar-refractivity contribution in [3.05, 3.63) is 87.9 Å². The smallest absolute Gasteiger partial charge is 0.256 e. The number of nitrogens with one attached hydrogen (secondary N) is 1. The lowest BCUT2D eigenvalue weighted by molar-refractivity contribution is 0.102. The molecule has 3 aromatic carbocycles. The van der Waals surface area contributed by atoms with Crippen LogP contribution in [0.3, 0.4) is 0 Å². The fourth-order valence-corrected chi connectivity index (χ4v) is 3.85. The fourth-order valence-electron chi connectivity index (χ4n) is 3.67. The lowest BCUT2D eigenvalue weighted by Gasteiger charge is -2.14. The van der Waals surface area contributed by atoms with Crippen LogP contribution in [0, 0.1) is 20.8 Å². The highest BCUT2D eigenvalue weighted by molar-refractivity contribution is 6.31. The number of benzene rings is 3. The first-order chi connectivity index (χ1) is 14.9. The second-order valence-electron chi connectivity index (χ2n) is 7.68. The van der Waals surface area contributed by atoms with Crippen LogP contribution in [-0.4, -0.2) is 18.0 Å². The molecule has 0 aliphatic carbocycles. The van der Waals surface area contributed by atoms with E-state index in [0.717, 1.165) is 38.9 Å². The molecule has 0 spiro atoms. The molecule has 0 saturated carbocycles. The predicted molar refractivity (Wildman–Crippen MR) is 127 cm³/mol. The van der Waals surface area contributed by atoms with Crippen molar-refractivity contribution in [2.45, 2.75) is 20.8 Å². The van der Waals surface area contributed by atoms with Gasteiger partial charge < -0.3 is 10.1 Å². The van der Waals surface area contributed by atoms with Crippen LogP contribution in [-0.2, 0) is 0 Å². The molecule has 0 bridgehead atoms. The van der Waals surface area contributed by atoms with Crippen molar-refractivity contribution in [2.75, 3.05) is 12.4 Å². The van der Waals surface area contributed by atoms with Crippen LogP contribution in [0.25, 0.3) is 22.2 Å². The first kappa shape index (κ1) is 20.9. The van der Waals surface area contributed by atoms with Gasteiger partial charge in [0.15, 0.2) is 0 Å². The normalized spacial score (nSPS) is 10.9. The van der Waals surface area contributed by atoms with Crippen LogP contribution in [0.15, 0.2) is 60.7 Å². The van der Waals surface area contributed by atoms with E-state index in [0.29, 0.717) is 22.0 Å². The first-order valence-corrected chi connectivity index (χ1v) is 10.4. The van der Waals surface area contributed by atoms with Crippen LogP contribution >= 0.6 is 11.6 Å². The van der Waals surface area contributed by atoms with Crippen molar-refractivity contribution in [2.24, 2.45) is 0 Å². The minimum absolute atomic E-state index is 0.207. The predicted octanol–water partition coefficient (Wildman–Crippen LogP) is 6.74. The summed E-state index contributed by atoms with van der Waals surface area (Å²) in [6.07, 6.45) is 0. The number of halogens is 1. The van der Waals surface area contributed by atoms with Gasteiger partial charge in [-0.3, -0.25) is 4.79 Å². The number of amides is 1. The molecule has 0 saturated heterocycles. The average molecular weight is 431 g/mol. The van der Waals surface area contributed by atoms with Crippen molar-refractivity contribution >= 4 is 34.1 Å². The zero-order valence-electron chi connectivity index (χ0n) is 17.9. The molecule has 0 aliphatic rings. The number of carbonyl (C=O) groups excluding carboxylic acids is 1. The van der Waals surface area contributed by atoms with Gasteiger partial charge in [-0.2, -0.15) is 0 Å². The third-order valence-corrected chi connectivity index (χ3v) is 5.70. The number of anilines is 1. The van der Waals surface area contributed by atoms with Gasteiger partial charge in [0.25, 0.3) is 5.91 Å². The highest BCUT2D eigenvalue weighted by Gasteiger charge is 2.17. The summed E-state index contributed by atoms with van der Waals surface area (Å²) in [5.41, 5.74) is 6.67. The van der Waals surface area contributed by atoms with Gasteiger partial charge in [0.2, 0.25) is 0 Å². The fraction of sp³-hybridized carbons (Fsp3) is 0.154. The van der Waals surface area contributed by atoms with Crippen LogP contribution in [0.5, 0.6) is 5.75 Å². The van der Waals surface area contributed by atoms with Gasteiger partial charge in [0, 0.05) is 21.7 Å². The van der Waals surface area contributed by atoms with E-state index in [2.05, 4.69) is 11.4 Å². The van der Waals surface area contributed by atoms with Crippen molar-refractivity contribution in [1.82, 2.24) is 4.98 Å². The molecule has 0 aliphatic heterocycles. The molecule has 0 atom stereocenters. The average Bonchev–Trinajstić information content (AvgIpc) is 2.75.